The zero-order valence-corrected chi connectivity index (χ0v) is 19.3. The molecular formula is C25H23BrN2O4. The molecule has 0 radical (unpaired) electrons. The van der Waals surface area contributed by atoms with E-state index in [-0.39, 0.29) is 6.54 Å². The van der Waals surface area contributed by atoms with Crippen molar-refractivity contribution in [3.63, 3.8) is 0 Å². The summed E-state index contributed by atoms with van der Waals surface area (Å²) < 4.78 is 6.31. The quantitative estimate of drug-likeness (QED) is 0.465. The largest absolute Gasteiger partial charge is 0.446 e. The molecule has 0 aliphatic carbocycles. The van der Waals surface area contributed by atoms with Gasteiger partial charge >= 0.3 is 5.97 Å². The Morgan fingerprint density at radius 3 is 2.31 bits per heavy atom. The Hall–Kier alpha value is -3.45. The summed E-state index contributed by atoms with van der Waals surface area (Å²) in [6, 6.07) is 21.2. The Kier molecular flexibility index (Phi) is 7.78. The Bertz CT molecular complexity index is 1110. The molecule has 0 aromatic heterocycles. The van der Waals surface area contributed by atoms with Crippen molar-refractivity contribution in [3.8, 4) is 0 Å². The van der Waals surface area contributed by atoms with Crippen LogP contribution in [0.4, 0.5) is 5.69 Å². The van der Waals surface area contributed by atoms with Crippen LogP contribution in [0.5, 0.6) is 0 Å². The predicted octanol–water partition coefficient (Wildman–Crippen LogP) is 4.72. The first-order chi connectivity index (χ1) is 15.3. The Labute approximate surface area is 195 Å². The molecule has 3 aromatic carbocycles. The number of nitrogens with one attached hydrogen (secondary N) is 2. The molecule has 2 N–H and O–H groups in total. The first kappa shape index (κ1) is 23.2. The van der Waals surface area contributed by atoms with Crippen LogP contribution in [0.2, 0.25) is 0 Å². The van der Waals surface area contributed by atoms with Gasteiger partial charge in [0.15, 0.2) is 0 Å². The van der Waals surface area contributed by atoms with E-state index in [1.54, 1.807) is 48.5 Å². The molecule has 164 valence electrons. The van der Waals surface area contributed by atoms with E-state index in [0.29, 0.717) is 16.8 Å². The van der Waals surface area contributed by atoms with E-state index in [2.05, 4.69) is 26.6 Å². The number of amides is 2. The Morgan fingerprint density at radius 1 is 0.938 bits per heavy atom. The number of hydrogen-bond donors (Lipinski definition) is 2. The molecule has 0 heterocycles. The second kappa shape index (κ2) is 10.7. The molecule has 32 heavy (non-hydrogen) atoms. The molecular weight excluding hydrogens is 472 g/mol. The third-order valence-electron chi connectivity index (χ3n) is 4.74. The first-order valence-corrected chi connectivity index (χ1v) is 10.8. The molecule has 0 spiro atoms. The molecule has 0 fully saturated rings. The van der Waals surface area contributed by atoms with Gasteiger partial charge in [-0.3, -0.25) is 14.4 Å². The molecule has 0 saturated heterocycles. The molecule has 1 atom stereocenters. The summed E-state index contributed by atoms with van der Waals surface area (Å²) >= 11 is 3.31. The second-order valence-corrected chi connectivity index (χ2v) is 8.19. The maximum atomic E-state index is 13.0. The minimum Gasteiger partial charge on any atom is -0.446 e. The number of esters is 1. The van der Waals surface area contributed by atoms with Gasteiger partial charge in [-0.25, -0.2) is 0 Å². The number of carbonyl (C=O) groups is 3. The van der Waals surface area contributed by atoms with E-state index in [9.17, 15) is 14.4 Å². The van der Waals surface area contributed by atoms with Gasteiger partial charge in [-0.2, -0.15) is 0 Å². The van der Waals surface area contributed by atoms with Crippen molar-refractivity contribution in [2.45, 2.75) is 20.0 Å². The summed E-state index contributed by atoms with van der Waals surface area (Å²) in [4.78, 5) is 37.7. The lowest BCUT2D eigenvalue weighted by Gasteiger charge is -2.19. The van der Waals surface area contributed by atoms with E-state index >= 15 is 0 Å². The number of carbonyl (C=O) groups excluding carboxylic acids is 3. The van der Waals surface area contributed by atoms with Crippen LogP contribution in [0.1, 0.15) is 33.2 Å². The minimum absolute atomic E-state index is 0.366. The summed E-state index contributed by atoms with van der Waals surface area (Å²) in [5.41, 5.74) is 3.48. The van der Waals surface area contributed by atoms with Crippen LogP contribution in [0.3, 0.4) is 0 Å². The molecule has 0 aliphatic rings. The summed E-state index contributed by atoms with van der Waals surface area (Å²) in [5, 5.41) is 5.36. The summed E-state index contributed by atoms with van der Waals surface area (Å²) in [6.45, 7) is 3.45. The van der Waals surface area contributed by atoms with Gasteiger partial charge in [-0.15, -0.1) is 0 Å². The van der Waals surface area contributed by atoms with Crippen molar-refractivity contribution in [2.24, 2.45) is 0 Å². The average molecular weight is 495 g/mol. The van der Waals surface area contributed by atoms with Crippen molar-refractivity contribution in [1.29, 1.82) is 0 Å². The molecule has 0 bridgehead atoms. The molecule has 6 nitrogen and oxygen atoms in total. The lowest BCUT2D eigenvalue weighted by atomic mass is 10.1. The normalized spacial score (nSPS) is 11.3. The number of halogens is 1. The summed E-state index contributed by atoms with van der Waals surface area (Å²) in [5.74, 6) is -1.61. The molecule has 2 amide bonds. The third-order valence-corrected chi connectivity index (χ3v) is 5.27. The van der Waals surface area contributed by atoms with Crippen molar-refractivity contribution in [2.75, 3.05) is 11.9 Å². The Morgan fingerprint density at radius 2 is 1.62 bits per heavy atom. The maximum Gasteiger partial charge on any atom is 0.326 e. The van der Waals surface area contributed by atoms with Crippen LogP contribution in [-0.2, 0) is 14.3 Å². The maximum absolute atomic E-state index is 13.0. The lowest BCUT2D eigenvalue weighted by Crippen LogP contribution is -2.33. The van der Waals surface area contributed by atoms with Crippen LogP contribution >= 0.6 is 15.9 Å². The van der Waals surface area contributed by atoms with Crippen LogP contribution in [-0.4, -0.2) is 24.3 Å². The van der Waals surface area contributed by atoms with Crippen molar-refractivity contribution in [1.82, 2.24) is 5.32 Å². The summed E-state index contributed by atoms with van der Waals surface area (Å²) in [7, 11) is 0. The lowest BCUT2D eigenvalue weighted by molar-refractivity contribution is -0.153. The number of benzene rings is 3. The smallest absolute Gasteiger partial charge is 0.326 e. The number of aryl methyl sites for hydroxylation is 2. The second-order valence-electron chi connectivity index (χ2n) is 7.28. The third kappa shape index (κ3) is 6.28. The highest BCUT2D eigenvalue weighted by atomic mass is 79.9. The van der Waals surface area contributed by atoms with Crippen molar-refractivity contribution >= 4 is 39.4 Å². The zero-order valence-electron chi connectivity index (χ0n) is 17.7. The predicted molar refractivity (Wildman–Crippen MR) is 126 cm³/mol. The van der Waals surface area contributed by atoms with Gasteiger partial charge in [0.1, 0.15) is 6.54 Å². The standard InChI is InChI=1S/C25H23BrN2O4/c1-16-8-9-17(2)21(14-16)28-25(31)23(18-6-4-3-5-7-18)32-22(29)15-27-24(30)19-10-12-20(26)13-11-19/h3-14,23H,15H2,1-2H3,(H,27,30)(H,28,31). The van der Waals surface area contributed by atoms with Crippen molar-refractivity contribution in [3.05, 3.63) is 99.5 Å². The van der Waals surface area contributed by atoms with E-state index in [1.807, 2.05) is 38.1 Å². The monoisotopic (exact) mass is 494 g/mol. The van der Waals surface area contributed by atoms with Crippen LogP contribution < -0.4 is 10.6 Å². The van der Waals surface area contributed by atoms with Gasteiger partial charge in [-0.1, -0.05) is 58.4 Å². The van der Waals surface area contributed by atoms with Gasteiger partial charge in [0, 0.05) is 21.3 Å². The topological polar surface area (TPSA) is 84.5 Å². The highest BCUT2D eigenvalue weighted by Crippen LogP contribution is 2.22. The molecule has 1 unspecified atom stereocenters. The molecule has 7 heteroatoms. The van der Waals surface area contributed by atoms with Crippen LogP contribution in [0.15, 0.2) is 77.3 Å². The fourth-order valence-electron chi connectivity index (χ4n) is 3.00. The number of hydrogen-bond acceptors (Lipinski definition) is 4. The van der Waals surface area contributed by atoms with Crippen LogP contribution in [0.25, 0.3) is 0 Å². The molecule has 3 aromatic rings. The van der Waals surface area contributed by atoms with Gasteiger partial charge < -0.3 is 15.4 Å². The molecule has 3 rings (SSSR count). The SMILES string of the molecule is Cc1ccc(C)c(NC(=O)C(OC(=O)CNC(=O)c2ccc(Br)cc2)c2ccccc2)c1. The Balaban J connectivity index is 1.69. The fourth-order valence-corrected chi connectivity index (χ4v) is 3.26. The van der Waals surface area contributed by atoms with Crippen LogP contribution in [0, 0.1) is 13.8 Å². The highest BCUT2D eigenvalue weighted by molar-refractivity contribution is 9.10. The average Bonchev–Trinajstić information content (AvgIpc) is 2.79. The van der Waals surface area contributed by atoms with E-state index in [4.69, 9.17) is 4.74 Å². The number of anilines is 1. The number of rotatable bonds is 7. The van der Waals surface area contributed by atoms with E-state index < -0.39 is 23.9 Å². The van der Waals surface area contributed by atoms with Gasteiger partial charge in [0.2, 0.25) is 6.10 Å². The van der Waals surface area contributed by atoms with Gasteiger partial charge in [-0.05, 0) is 55.3 Å². The summed E-state index contributed by atoms with van der Waals surface area (Å²) in [6.07, 6.45) is -1.16. The van der Waals surface area contributed by atoms with Gasteiger partial charge in [0.05, 0.1) is 0 Å². The first-order valence-electron chi connectivity index (χ1n) is 10.00. The van der Waals surface area contributed by atoms with Gasteiger partial charge in [0.25, 0.3) is 11.8 Å². The molecule has 0 aliphatic heterocycles. The highest BCUT2D eigenvalue weighted by Gasteiger charge is 2.25. The zero-order chi connectivity index (χ0) is 23.1. The minimum atomic E-state index is -1.16. The number of ether oxygens (including phenoxy) is 1. The van der Waals surface area contributed by atoms with E-state index in [0.717, 1.165) is 15.6 Å². The fraction of sp³-hybridized carbons (Fsp3) is 0.160. The van der Waals surface area contributed by atoms with Crippen molar-refractivity contribution < 1.29 is 19.1 Å². The molecule has 0 saturated carbocycles. The van der Waals surface area contributed by atoms with E-state index in [1.165, 1.54) is 0 Å².